The lowest BCUT2D eigenvalue weighted by Gasteiger charge is -2.24. The van der Waals surface area contributed by atoms with Crippen LogP contribution < -0.4 is 0 Å². The number of benzene rings is 2. The van der Waals surface area contributed by atoms with Gasteiger partial charge < -0.3 is 4.74 Å². The third-order valence-electron chi connectivity index (χ3n) is 5.22. The minimum absolute atomic E-state index is 0.00630. The first-order chi connectivity index (χ1) is 12.7. The van der Waals surface area contributed by atoms with Crippen molar-refractivity contribution in [2.24, 2.45) is 5.92 Å². The van der Waals surface area contributed by atoms with Crippen LogP contribution in [0.3, 0.4) is 0 Å². The molecule has 0 spiro atoms. The Balaban J connectivity index is 1.87. The van der Waals surface area contributed by atoms with Crippen molar-refractivity contribution in [3.05, 3.63) is 71.8 Å². The Bertz CT molecular complexity index is 724. The van der Waals surface area contributed by atoms with Crippen molar-refractivity contribution in [3.8, 4) is 0 Å². The number of hydrogen-bond acceptors (Lipinski definition) is 3. The Kier molecular flexibility index (Phi) is 6.21. The zero-order valence-electron chi connectivity index (χ0n) is 15.3. The van der Waals surface area contributed by atoms with Crippen molar-refractivity contribution in [2.75, 3.05) is 6.61 Å². The summed E-state index contributed by atoms with van der Waals surface area (Å²) in [6, 6.07) is 19.9. The number of carbonyl (C=O) groups excluding carboxylic acids is 2. The quantitative estimate of drug-likeness (QED) is 0.406. The summed E-state index contributed by atoms with van der Waals surface area (Å²) in [5.41, 5.74) is 2.14. The van der Waals surface area contributed by atoms with Crippen LogP contribution >= 0.6 is 0 Å². The zero-order valence-corrected chi connectivity index (χ0v) is 15.3. The molecule has 0 radical (unpaired) electrons. The maximum atomic E-state index is 12.8. The van der Waals surface area contributed by atoms with Gasteiger partial charge in [0, 0.05) is 12.3 Å². The molecule has 0 amide bonds. The van der Waals surface area contributed by atoms with Crippen molar-refractivity contribution in [1.82, 2.24) is 0 Å². The molecule has 0 heterocycles. The predicted molar refractivity (Wildman–Crippen MR) is 102 cm³/mol. The molecule has 3 rings (SSSR count). The second-order valence-corrected chi connectivity index (χ2v) is 6.98. The van der Waals surface area contributed by atoms with Gasteiger partial charge >= 0.3 is 5.97 Å². The largest absolute Gasteiger partial charge is 0.465 e. The molecule has 3 nitrogen and oxygen atoms in total. The number of Topliss-reactive ketones (excluding diaryl/α,β-unsaturated/α-hetero) is 1. The fraction of sp³-hybridized carbons (Fsp3) is 0.391. The van der Waals surface area contributed by atoms with E-state index in [-0.39, 0.29) is 23.6 Å². The molecule has 0 unspecified atom stereocenters. The summed E-state index contributed by atoms with van der Waals surface area (Å²) in [6.45, 7) is 2.51. The normalized spacial score (nSPS) is 22.3. The van der Waals surface area contributed by atoms with E-state index >= 15 is 0 Å². The van der Waals surface area contributed by atoms with Crippen LogP contribution in [0.4, 0.5) is 0 Å². The van der Waals surface area contributed by atoms with E-state index in [1.165, 1.54) is 0 Å². The van der Waals surface area contributed by atoms with E-state index in [9.17, 15) is 9.59 Å². The van der Waals surface area contributed by atoms with Gasteiger partial charge in [-0.1, -0.05) is 80.4 Å². The van der Waals surface area contributed by atoms with Crippen molar-refractivity contribution >= 4 is 11.8 Å². The fourth-order valence-corrected chi connectivity index (χ4v) is 3.92. The van der Waals surface area contributed by atoms with E-state index in [2.05, 4.69) is 6.92 Å². The molecule has 0 bridgehead atoms. The number of rotatable bonds is 7. The predicted octanol–water partition coefficient (Wildman–Crippen LogP) is 4.88. The first-order valence-corrected chi connectivity index (χ1v) is 9.51. The van der Waals surface area contributed by atoms with E-state index in [0.717, 1.165) is 30.4 Å². The minimum Gasteiger partial charge on any atom is -0.465 e. The molecule has 1 fully saturated rings. The van der Waals surface area contributed by atoms with Gasteiger partial charge in [-0.05, 0) is 23.5 Å². The maximum absolute atomic E-state index is 12.8. The SMILES string of the molecule is CCCCCOC(=O)[C@@H]1C(=O)C[C@@H](c2ccccc2)[C@@H]1c1ccccc1. The van der Waals surface area contributed by atoms with Crippen molar-refractivity contribution in [1.29, 1.82) is 0 Å². The van der Waals surface area contributed by atoms with Crippen LogP contribution in [0.25, 0.3) is 0 Å². The zero-order chi connectivity index (χ0) is 18.4. The first kappa shape index (κ1) is 18.4. The van der Waals surface area contributed by atoms with E-state index in [0.29, 0.717) is 13.0 Å². The molecule has 1 saturated carbocycles. The number of carbonyl (C=O) groups is 2. The molecular weight excluding hydrogens is 324 g/mol. The van der Waals surface area contributed by atoms with Gasteiger partial charge in [-0.25, -0.2) is 0 Å². The summed E-state index contributed by atoms with van der Waals surface area (Å²) in [4.78, 5) is 25.5. The highest BCUT2D eigenvalue weighted by Gasteiger charge is 2.48. The summed E-state index contributed by atoms with van der Waals surface area (Å²) < 4.78 is 5.47. The van der Waals surface area contributed by atoms with Gasteiger partial charge in [-0.15, -0.1) is 0 Å². The van der Waals surface area contributed by atoms with Crippen molar-refractivity contribution in [2.45, 2.75) is 44.4 Å². The second kappa shape index (κ2) is 8.79. The average Bonchev–Trinajstić information content (AvgIpc) is 3.04. The van der Waals surface area contributed by atoms with Crippen LogP contribution in [-0.4, -0.2) is 18.4 Å². The molecule has 0 aliphatic heterocycles. The summed E-state index contributed by atoms with van der Waals surface area (Å²) in [5.74, 6) is -1.22. The summed E-state index contributed by atoms with van der Waals surface area (Å²) in [6.07, 6.45) is 3.34. The summed E-state index contributed by atoms with van der Waals surface area (Å²) >= 11 is 0. The van der Waals surface area contributed by atoms with Gasteiger partial charge in [0.2, 0.25) is 0 Å². The molecule has 1 aliphatic carbocycles. The highest BCUT2D eigenvalue weighted by atomic mass is 16.5. The van der Waals surface area contributed by atoms with Gasteiger partial charge in [-0.3, -0.25) is 9.59 Å². The topological polar surface area (TPSA) is 43.4 Å². The number of hydrogen-bond donors (Lipinski definition) is 0. The molecule has 3 atom stereocenters. The lowest BCUT2D eigenvalue weighted by molar-refractivity contribution is -0.151. The third-order valence-corrected chi connectivity index (χ3v) is 5.22. The molecule has 2 aromatic rings. The molecule has 3 heteroatoms. The van der Waals surface area contributed by atoms with Crippen LogP contribution in [0.15, 0.2) is 60.7 Å². The fourth-order valence-electron chi connectivity index (χ4n) is 3.92. The number of ketones is 1. The van der Waals surface area contributed by atoms with Crippen molar-refractivity contribution < 1.29 is 14.3 Å². The van der Waals surface area contributed by atoms with Crippen molar-refractivity contribution in [3.63, 3.8) is 0 Å². The Labute approximate surface area is 155 Å². The monoisotopic (exact) mass is 350 g/mol. The molecule has 0 aromatic heterocycles. The highest BCUT2D eigenvalue weighted by molar-refractivity contribution is 6.02. The number of unbranched alkanes of at least 4 members (excludes halogenated alkanes) is 2. The van der Waals surface area contributed by atoms with E-state index in [4.69, 9.17) is 4.74 Å². The Morgan fingerprint density at radius 2 is 1.58 bits per heavy atom. The molecule has 26 heavy (non-hydrogen) atoms. The van der Waals surface area contributed by atoms with Crippen LogP contribution in [0.2, 0.25) is 0 Å². The Morgan fingerprint density at radius 3 is 2.19 bits per heavy atom. The Hall–Kier alpha value is -2.42. The minimum atomic E-state index is -0.704. The molecular formula is C23H26O3. The highest BCUT2D eigenvalue weighted by Crippen LogP contribution is 2.48. The third kappa shape index (κ3) is 4.04. The molecule has 136 valence electrons. The van der Waals surface area contributed by atoms with Gasteiger partial charge in [0.25, 0.3) is 0 Å². The Morgan fingerprint density at radius 1 is 0.962 bits per heavy atom. The maximum Gasteiger partial charge on any atom is 0.317 e. The van der Waals surface area contributed by atoms with E-state index < -0.39 is 5.92 Å². The lowest BCUT2D eigenvalue weighted by Crippen LogP contribution is -2.27. The smallest absolute Gasteiger partial charge is 0.317 e. The van der Waals surface area contributed by atoms with E-state index in [1.54, 1.807) is 0 Å². The van der Waals surface area contributed by atoms with Gasteiger partial charge in [-0.2, -0.15) is 0 Å². The lowest BCUT2D eigenvalue weighted by atomic mass is 9.80. The van der Waals surface area contributed by atoms with Gasteiger partial charge in [0.1, 0.15) is 11.7 Å². The standard InChI is InChI=1S/C23H26O3/c1-2-3-10-15-26-23(25)22-20(24)16-19(17-11-6-4-7-12-17)21(22)18-13-8-5-9-14-18/h4-9,11-14,19,21-22H,2-3,10,15-16H2,1H3/t19-,21-,22+/m0/s1. The van der Waals surface area contributed by atoms with Crippen LogP contribution in [-0.2, 0) is 14.3 Å². The molecule has 0 N–H and O–H groups in total. The van der Waals surface area contributed by atoms with Gasteiger partial charge in [0.15, 0.2) is 0 Å². The average molecular weight is 350 g/mol. The molecule has 2 aromatic carbocycles. The van der Waals surface area contributed by atoms with E-state index in [1.807, 2.05) is 60.7 Å². The van der Waals surface area contributed by atoms with Gasteiger partial charge in [0.05, 0.1) is 6.61 Å². The number of ether oxygens (including phenoxy) is 1. The summed E-state index contributed by atoms with van der Waals surface area (Å²) in [5, 5.41) is 0. The number of esters is 1. The van der Waals surface area contributed by atoms with Crippen LogP contribution in [0.1, 0.15) is 55.6 Å². The van der Waals surface area contributed by atoms with Crippen LogP contribution in [0, 0.1) is 5.92 Å². The molecule has 0 saturated heterocycles. The first-order valence-electron chi connectivity index (χ1n) is 9.51. The van der Waals surface area contributed by atoms with Crippen LogP contribution in [0.5, 0.6) is 0 Å². The second-order valence-electron chi connectivity index (χ2n) is 6.98. The molecule has 1 aliphatic rings. The summed E-state index contributed by atoms with van der Waals surface area (Å²) in [7, 11) is 0.